The van der Waals surface area contributed by atoms with Crippen molar-refractivity contribution in [3.8, 4) is 0 Å². The van der Waals surface area contributed by atoms with Crippen molar-refractivity contribution >= 4 is 17.7 Å². The highest BCUT2D eigenvalue weighted by Crippen LogP contribution is 2.06. The molecule has 1 heterocycles. The first kappa shape index (κ1) is 8.98. The molecule has 0 aliphatic rings. The van der Waals surface area contributed by atoms with Crippen LogP contribution in [-0.4, -0.2) is 16.9 Å². The second kappa shape index (κ2) is 3.53. The second-order valence-electron chi connectivity index (χ2n) is 2.29. The Labute approximate surface area is 75.2 Å². The van der Waals surface area contributed by atoms with Crippen molar-refractivity contribution in [1.29, 1.82) is 10.8 Å². The Morgan fingerprint density at radius 2 is 1.85 bits per heavy atom. The minimum Gasteiger partial charge on any atom is -0.369 e. The first-order chi connectivity index (χ1) is 6.13. The van der Waals surface area contributed by atoms with Gasteiger partial charge in [0.2, 0.25) is 11.9 Å². The number of guanidine groups is 2. The molecule has 0 spiro atoms. The van der Waals surface area contributed by atoms with Crippen molar-refractivity contribution in [2.45, 2.75) is 0 Å². The fourth-order valence-corrected chi connectivity index (χ4v) is 0.863. The first-order valence-electron chi connectivity index (χ1n) is 3.52. The molecule has 1 rings (SSSR count). The molecule has 1 aromatic heterocycles. The van der Waals surface area contributed by atoms with Crippen molar-refractivity contribution < 1.29 is 0 Å². The molecule has 6 N–H and O–H groups in total. The molecule has 68 valence electrons. The van der Waals surface area contributed by atoms with Gasteiger partial charge in [-0.3, -0.25) is 10.8 Å². The van der Waals surface area contributed by atoms with Crippen LogP contribution in [0, 0.1) is 10.8 Å². The highest BCUT2D eigenvalue weighted by molar-refractivity contribution is 6.13. The smallest absolute Gasteiger partial charge is 0.201 e. The summed E-state index contributed by atoms with van der Waals surface area (Å²) >= 11 is 0. The molecule has 0 radical (unpaired) electrons. The van der Waals surface area contributed by atoms with Crippen LogP contribution in [0.25, 0.3) is 0 Å². The van der Waals surface area contributed by atoms with Gasteiger partial charge < -0.3 is 11.5 Å². The minimum absolute atomic E-state index is 0.328. The molecule has 0 aliphatic heterocycles. The zero-order valence-electron chi connectivity index (χ0n) is 6.86. The normalized spacial score (nSPS) is 9.23. The number of nitrogens with one attached hydrogen (secondary N) is 2. The lowest BCUT2D eigenvalue weighted by molar-refractivity contribution is 1.17. The summed E-state index contributed by atoms with van der Waals surface area (Å²) in [5, 5.41) is 14.3. The van der Waals surface area contributed by atoms with Gasteiger partial charge in [0, 0.05) is 6.20 Å². The van der Waals surface area contributed by atoms with Crippen molar-refractivity contribution in [3.63, 3.8) is 0 Å². The number of rotatable bonds is 1. The second-order valence-corrected chi connectivity index (χ2v) is 2.29. The van der Waals surface area contributed by atoms with Gasteiger partial charge in [-0.2, -0.15) is 0 Å². The third-order valence-corrected chi connectivity index (χ3v) is 1.36. The molecule has 0 atom stereocenters. The van der Waals surface area contributed by atoms with Gasteiger partial charge in [0.05, 0.1) is 0 Å². The summed E-state index contributed by atoms with van der Waals surface area (Å²) in [6.45, 7) is 0. The number of hydrogen-bond acceptors (Lipinski definition) is 3. The predicted molar refractivity (Wildman–Crippen MR) is 50.5 cm³/mol. The third kappa shape index (κ3) is 1.92. The average Bonchev–Trinajstić information content (AvgIpc) is 2.04. The highest BCUT2D eigenvalue weighted by Gasteiger charge is 2.12. The number of pyridine rings is 1. The standard InChI is InChI=1S/C7H10N6/c8-6(9)13(7(10)11)5-3-1-2-4-12-5/h1-4H,(H3,8,9)(H3,10,11). The quantitative estimate of drug-likeness (QED) is 0.348. The maximum atomic E-state index is 7.16. The maximum absolute atomic E-state index is 7.16. The monoisotopic (exact) mass is 178 g/mol. The molecule has 0 aliphatic carbocycles. The molecule has 0 bridgehead atoms. The van der Waals surface area contributed by atoms with E-state index >= 15 is 0 Å². The van der Waals surface area contributed by atoms with E-state index in [4.69, 9.17) is 22.3 Å². The largest absolute Gasteiger partial charge is 0.369 e. The number of nitrogens with two attached hydrogens (primary N) is 2. The van der Waals surface area contributed by atoms with Gasteiger partial charge in [0.15, 0.2) is 0 Å². The van der Waals surface area contributed by atoms with Crippen molar-refractivity contribution in [2.75, 3.05) is 4.90 Å². The summed E-state index contributed by atoms with van der Waals surface area (Å²) in [5.74, 6) is -0.292. The summed E-state index contributed by atoms with van der Waals surface area (Å²) in [5.41, 5.74) is 10.4. The Balaban J connectivity index is 3.03. The lowest BCUT2D eigenvalue weighted by Crippen LogP contribution is -2.45. The molecule has 13 heavy (non-hydrogen) atoms. The zero-order valence-corrected chi connectivity index (χ0v) is 6.86. The Hall–Kier alpha value is -2.11. The number of nitrogens with zero attached hydrogens (tertiary/aromatic N) is 2. The Bertz CT molecular complexity index is 305. The number of aromatic nitrogens is 1. The number of hydrogen-bond donors (Lipinski definition) is 4. The molecule has 6 heteroatoms. The van der Waals surface area contributed by atoms with E-state index < -0.39 is 0 Å². The molecule has 1 aromatic rings. The van der Waals surface area contributed by atoms with Gasteiger partial charge in [0.1, 0.15) is 5.82 Å². The van der Waals surface area contributed by atoms with Gasteiger partial charge in [-0.15, -0.1) is 0 Å². The summed E-state index contributed by atoms with van der Waals surface area (Å²) in [6.07, 6.45) is 1.54. The van der Waals surface area contributed by atoms with E-state index in [-0.39, 0.29) is 11.9 Å². The van der Waals surface area contributed by atoms with E-state index in [1.807, 2.05) is 0 Å². The first-order valence-corrected chi connectivity index (χ1v) is 3.52. The van der Waals surface area contributed by atoms with Crippen LogP contribution in [0.15, 0.2) is 24.4 Å². The van der Waals surface area contributed by atoms with Crippen LogP contribution in [0.1, 0.15) is 0 Å². The topological polar surface area (TPSA) is 116 Å². The van der Waals surface area contributed by atoms with Crippen LogP contribution < -0.4 is 16.4 Å². The minimum atomic E-state index is -0.328. The molecule has 6 nitrogen and oxygen atoms in total. The Morgan fingerprint density at radius 3 is 2.23 bits per heavy atom. The molecular weight excluding hydrogens is 168 g/mol. The average molecular weight is 178 g/mol. The molecule has 0 unspecified atom stereocenters. The van der Waals surface area contributed by atoms with Gasteiger partial charge in [-0.1, -0.05) is 6.07 Å². The Kier molecular flexibility index (Phi) is 2.44. The van der Waals surface area contributed by atoms with Crippen LogP contribution >= 0.6 is 0 Å². The van der Waals surface area contributed by atoms with Gasteiger partial charge >= 0.3 is 0 Å². The van der Waals surface area contributed by atoms with E-state index in [9.17, 15) is 0 Å². The molecule has 0 amide bonds. The summed E-state index contributed by atoms with van der Waals surface area (Å²) in [4.78, 5) is 4.93. The van der Waals surface area contributed by atoms with E-state index in [1.54, 1.807) is 18.2 Å². The zero-order chi connectivity index (χ0) is 9.84. The van der Waals surface area contributed by atoms with Crippen LogP contribution in [0.5, 0.6) is 0 Å². The molecular formula is C7H10N6. The summed E-state index contributed by atoms with van der Waals surface area (Å²) < 4.78 is 0. The van der Waals surface area contributed by atoms with E-state index in [0.29, 0.717) is 5.82 Å². The van der Waals surface area contributed by atoms with Gasteiger partial charge in [-0.05, 0) is 12.1 Å². The van der Waals surface area contributed by atoms with E-state index in [1.165, 1.54) is 6.20 Å². The fourth-order valence-electron chi connectivity index (χ4n) is 0.863. The molecule has 0 saturated carbocycles. The molecule has 0 saturated heterocycles. The molecule has 0 fully saturated rings. The number of anilines is 1. The molecule has 0 aromatic carbocycles. The van der Waals surface area contributed by atoms with Crippen LogP contribution in [0.2, 0.25) is 0 Å². The van der Waals surface area contributed by atoms with Crippen molar-refractivity contribution in [2.24, 2.45) is 11.5 Å². The van der Waals surface area contributed by atoms with Crippen LogP contribution in [0.4, 0.5) is 5.82 Å². The van der Waals surface area contributed by atoms with E-state index in [0.717, 1.165) is 4.90 Å². The van der Waals surface area contributed by atoms with Gasteiger partial charge in [-0.25, -0.2) is 9.88 Å². The maximum Gasteiger partial charge on any atom is 0.201 e. The van der Waals surface area contributed by atoms with Crippen LogP contribution in [-0.2, 0) is 0 Å². The van der Waals surface area contributed by atoms with Gasteiger partial charge in [0.25, 0.3) is 0 Å². The van der Waals surface area contributed by atoms with Crippen molar-refractivity contribution in [3.05, 3.63) is 24.4 Å². The lowest BCUT2D eigenvalue weighted by atomic mass is 10.4. The van der Waals surface area contributed by atoms with Crippen molar-refractivity contribution in [1.82, 2.24) is 4.98 Å². The summed E-state index contributed by atoms with van der Waals surface area (Å²) in [7, 11) is 0. The Morgan fingerprint density at radius 1 is 1.23 bits per heavy atom. The van der Waals surface area contributed by atoms with Crippen LogP contribution in [0.3, 0.4) is 0 Å². The summed E-state index contributed by atoms with van der Waals surface area (Å²) in [6, 6.07) is 5.06. The predicted octanol–water partition coefficient (Wildman–Crippen LogP) is -0.325. The lowest BCUT2D eigenvalue weighted by Gasteiger charge is -2.18. The SMILES string of the molecule is N=C(N)N(C(=N)N)c1ccccn1. The highest BCUT2D eigenvalue weighted by atomic mass is 15.3. The third-order valence-electron chi connectivity index (χ3n) is 1.36. The van der Waals surface area contributed by atoms with E-state index in [2.05, 4.69) is 4.98 Å². The fraction of sp³-hybridized carbons (Fsp3) is 0.